The summed E-state index contributed by atoms with van der Waals surface area (Å²) in [6, 6.07) is 8.84. The molecule has 3 rings (SSSR count). The van der Waals surface area contributed by atoms with E-state index in [0.717, 1.165) is 18.5 Å². The van der Waals surface area contributed by atoms with Gasteiger partial charge in [0.2, 0.25) is 11.7 Å². The Labute approximate surface area is 160 Å². The first-order valence-electron chi connectivity index (χ1n) is 8.74. The van der Waals surface area contributed by atoms with Gasteiger partial charge in [-0.25, -0.2) is 0 Å². The van der Waals surface area contributed by atoms with Gasteiger partial charge in [0, 0.05) is 11.8 Å². The lowest BCUT2D eigenvalue weighted by Crippen LogP contribution is -2.16. The molecule has 0 aliphatic heterocycles. The van der Waals surface area contributed by atoms with Crippen molar-refractivity contribution < 1.29 is 9.53 Å². The van der Waals surface area contributed by atoms with Crippen LogP contribution >= 0.6 is 11.8 Å². The molecule has 0 saturated carbocycles. The Bertz CT molecular complexity index is 998. The maximum absolute atomic E-state index is 12.4. The number of anilines is 1. The summed E-state index contributed by atoms with van der Waals surface area (Å²) in [5, 5.41) is 11.5. The van der Waals surface area contributed by atoms with Gasteiger partial charge in [-0.2, -0.15) is 0 Å². The summed E-state index contributed by atoms with van der Waals surface area (Å²) in [5.41, 5.74) is 1.25. The van der Waals surface area contributed by atoms with E-state index >= 15 is 0 Å². The molecular weight excluding hydrogens is 366 g/mol. The third-order valence-electron chi connectivity index (χ3n) is 3.75. The Kier molecular flexibility index (Phi) is 6.12. The number of aromatic nitrogens is 4. The number of rotatable bonds is 8. The number of para-hydroxylation sites is 2. The number of aromatic amines is 1. The molecule has 0 fully saturated rings. The fourth-order valence-electron chi connectivity index (χ4n) is 2.67. The van der Waals surface area contributed by atoms with Crippen molar-refractivity contribution in [3.05, 3.63) is 46.4 Å². The van der Waals surface area contributed by atoms with Crippen molar-refractivity contribution in [3.8, 4) is 5.75 Å². The molecule has 1 amide bonds. The Balaban J connectivity index is 1.73. The SMILES string of the molecule is CCCc1cc(=O)[nH]c2nnc(SCC(=O)Nc3ccccc3OCC)n12. The van der Waals surface area contributed by atoms with Gasteiger partial charge in [0.25, 0.3) is 5.56 Å². The van der Waals surface area contributed by atoms with Crippen LogP contribution in [0, 0.1) is 0 Å². The number of nitrogens with one attached hydrogen (secondary N) is 2. The van der Waals surface area contributed by atoms with Crippen LogP contribution < -0.4 is 15.6 Å². The van der Waals surface area contributed by atoms with Crippen molar-refractivity contribution in [3.63, 3.8) is 0 Å². The number of aryl methyl sites for hydroxylation is 1. The molecule has 2 aromatic heterocycles. The molecule has 27 heavy (non-hydrogen) atoms. The van der Waals surface area contributed by atoms with E-state index in [1.165, 1.54) is 11.8 Å². The van der Waals surface area contributed by atoms with Crippen LogP contribution in [-0.4, -0.2) is 37.8 Å². The normalized spacial score (nSPS) is 10.9. The van der Waals surface area contributed by atoms with E-state index in [1.54, 1.807) is 16.5 Å². The summed E-state index contributed by atoms with van der Waals surface area (Å²) in [5.74, 6) is 1.00. The van der Waals surface area contributed by atoms with Crippen LogP contribution in [0.25, 0.3) is 5.78 Å². The molecule has 0 spiro atoms. The zero-order valence-corrected chi connectivity index (χ0v) is 16.0. The number of nitrogens with zero attached hydrogens (tertiary/aromatic N) is 3. The number of hydrogen-bond acceptors (Lipinski definition) is 6. The molecule has 0 aliphatic rings. The minimum atomic E-state index is -0.208. The second-order valence-electron chi connectivity index (χ2n) is 5.78. The third-order valence-corrected chi connectivity index (χ3v) is 4.68. The number of carbonyl (C=O) groups excluding carboxylic acids is 1. The summed E-state index contributed by atoms with van der Waals surface area (Å²) >= 11 is 1.26. The molecule has 0 saturated heterocycles. The highest BCUT2D eigenvalue weighted by Gasteiger charge is 2.14. The largest absolute Gasteiger partial charge is 0.492 e. The molecule has 142 valence electrons. The van der Waals surface area contributed by atoms with Crippen LogP contribution in [0.1, 0.15) is 26.0 Å². The Morgan fingerprint density at radius 2 is 2.11 bits per heavy atom. The van der Waals surface area contributed by atoms with Crippen LogP contribution in [0.15, 0.2) is 40.3 Å². The summed E-state index contributed by atoms with van der Waals surface area (Å²) in [6.07, 6.45) is 1.61. The lowest BCUT2D eigenvalue weighted by molar-refractivity contribution is -0.113. The summed E-state index contributed by atoms with van der Waals surface area (Å²) in [7, 11) is 0. The predicted octanol–water partition coefficient (Wildman–Crippen LogP) is 2.50. The van der Waals surface area contributed by atoms with Crippen molar-refractivity contribution in [2.45, 2.75) is 31.8 Å². The lowest BCUT2D eigenvalue weighted by atomic mass is 10.2. The number of amides is 1. The molecule has 0 unspecified atom stereocenters. The molecule has 3 aromatic rings. The van der Waals surface area contributed by atoms with Crippen molar-refractivity contribution in [2.75, 3.05) is 17.7 Å². The molecular formula is C18H21N5O3S. The summed E-state index contributed by atoms with van der Waals surface area (Å²) < 4.78 is 7.31. The Hall–Kier alpha value is -2.81. The number of benzene rings is 1. The third kappa shape index (κ3) is 4.48. The molecule has 0 radical (unpaired) electrons. The van der Waals surface area contributed by atoms with E-state index in [2.05, 4.69) is 20.5 Å². The van der Waals surface area contributed by atoms with Gasteiger partial charge in [-0.15, -0.1) is 10.2 Å². The Morgan fingerprint density at radius 1 is 1.30 bits per heavy atom. The number of fused-ring (bicyclic) bond motifs is 1. The number of hydrogen-bond donors (Lipinski definition) is 2. The summed E-state index contributed by atoms with van der Waals surface area (Å²) in [6.45, 7) is 4.45. The van der Waals surface area contributed by atoms with E-state index in [1.807, 2.05) is 32.0 Å². The maximum Gasteiger partial charge on any atom is 0.252 e. The standard InChI is InChI=1S/C18H21N5O3S/c1-3-7-12-10-15(24)20-17-21-22-18(23(12)17)27-11-16(25)19-13-8-5-6-9-14(13)26-4-2/h5-6,8-10H,3-4,7,11H2,1-2H3,(H,19,25)(H,20,21,24). The highest BCUT2D eigenvalue weighted by molar-refractivity contribution is 7.99. The smallest absolute Gasteiger partial charge is 0.252 e. The quantitative estimate of drug-likeness (QED) is 0.576. The molecule has 1 aromatic carbocycles. The van der Waals surface area contributed by atoms with E-state index < -0.39 is 0 Å². The monoisotopic (exact) mass is 387 g/mol. The number of ether oxygens (including phenoxy) is 1. The van der Waals surface area contributed by atoms with Crippen molar-refractivity contribution >= 4 is 29.1 Å². The first-order valence-corrected chi connectivity index (χ1v) is 9.72. The number of carbonyl (C=O) groups is 1. The fraction of sp³-hybridized carbons (Fsp3) is 0.333. The van der Waals surface area contributed by atoms with Crippen LogP contribution in [0.5, 0.6) is 5.75 Å². The minimum absolute atomic E-state index is 0.159. The topological polar surface area (TPSA) is 101 Å². The molecule has 2 N–H and O–H groups in total. The van der Waals surface area contributed by atoms with E-state index in [4.69, 9.17) is 4.74 Å². The van der Waals surface area contributed by atoms with Gasteiger partial charge in [0.1, 0.15) is 5.75 Å². The zero-order chi connectivity index (χ0) is 19.2. The number of thioether (sulfide) groups is 1. The van der Waals surface area contributed by atoms with Crippen molar-refractivity contribution in [1.82, 2.24) is 19.6 Å². The van der Waals surface area contributed by atoms with Gasteiger partial charge in [0.15, 0.2) is 5.16 Å². The Morgan fingerprint density at radius 3 is 2.89 bits per heavy atom. The van der Waals surface area contributed by atoms with Crippen LogP contribution in [0.3, 0.4) is 0 Å². The fourth-order valence-corrected chi connectivity index (χ4v) is 3.44. The van der Waals surface area contributed by atoms with Crippen LogP contribution in [-0.2, 0) is 11.2 Å². The molecule has 2 heterocycles. The van der Waals surface area contributed by atoms with Gasteiger partial charge in [-0.05, 0) is 25.5 Å². The molecule has 0 bridgehead atoms. The number of H-pyrrole nitrogens is 1. The van der Waals surface area contributed by atoms with E-state index in [0.29, 0.717) is 29.0 Å². The average Bonchev–Trinajstić information content (AvgIpc) is 3.05. The molecule has 8 nitrogen and oxygen atoms in total. The van der Waals surface area contributed by atoms with Crippen LogP contribution in [0.2, 0.25) is 0 Å². The minimum Gasteiger partial charge on any atom is -0.492 e. The highest BCUT2D eigenvalue weighted by Crippen LogP contribution is 2.24. The maximum atomic E-state index is 12.4. The highest BCUT2D eigenvalue weighted by atomic mass is 32.2. The van der Waals surface area contributed by atoms with Gasteiger partial charge in [-0.1, -0.05) is 37.2 Å². The zero-order valence-electron chi connectivity index (χ0n) is 15.2. The summed E-state index contributed by atoms with van der Waals surface area (Å²) in [4.78, 5) is 26.7. The van der Waals surface area contributed by atoms with Gasteiger partial charge < -0.3 is 10.1 Å². The van der Waals surface area contributed by atoms with Gasteiger partial charge >= 0.3 is 0 Å². The van der Waals surface area contributed by atoms with E-state index in [9.17, 15) is 9.59 Å². The van der Waals surface area contributed by atoms with Crippen molar-refractivity contribution in [1.29, 1.82) is 0 Å². The average molecular weight is 387 g/mol. The van der Waals surface area contributed by atoms with Crippen LogP contribution in [0.4, 0.5) is 5.69 Å². The van der Waals surface area contributed by atoms with Gasteiger partial charge in [0.05, 0.1) is 18.0 Å². The first-order chi connectivity index (χ1) is 13.1. The van der Waals surface area contributed by atoms with E-state index in [-0.39, 0.29) is 17.2 Å². The second kappa shape index (κ2) is 8.72. The van der Waals surface area contributed by atoms with Gasteiger partial charge in [-0.3, -0.25) is 19.0 Å². The predicted molar refractivity (Wildman–Crippen MR) is 105 cm³/mol. The second-order valence-corrected chi connectivity index (χ2v) is 6.73. The molecule has 0 aliphatic carbocycles. The lowest BCUT2D eigenvalue weighted by Gasteiger charge is -2.11. The first kappa shape index (κ1) is 19.0. The molecule has 0 atom stereocenters. The van der Waals surface area contributed by atoms with Crippen molar-refractivity contribution in [2.24, 2.45) is 0 Å². The molecule has 9 heteroatoms.